The van der Waals surface area contributed by atoms with E-state index in [2.05, 4.69) is 30.9 Å². The van der Waals surface area contributed by atoms with Crippen molar-refractivity contribution in [3.63, 3.8) is 0 Å². The summed E-state index contributed by atoms with van der Waals surface area (Å²) < 4.78 is 10.6. The summed E-state index contributed by atoms with van der Waals surface area (Å²) >= 11 is 13.0. The van der Waals surface area contributed by atoms with E-state index in [0.29, 0.717) is 40.5 Å². The highest BCUT2D eigenvalue weighted by atomic mass is 35.5. The van der Waals surface area contributed by atoms with Gasteiger partial charge in [0.1, 0.15) is 18.2 Å². The molecule has 52 heavy (non-hydrogen) atoms. The zero-order valence-corrected chi connectivity index (χ0v) is 31.6. The Balaban J connectivity index is 1.47. The van der Waals surface area contributed by atoms with Gasteiger partial charge in [-0.15, -0.1) is 0 Å². The van der Waals surface area contributed by atoms with Gasteiger partial charge in [0, 0.05) is 22.5 Å². The van der Waals surface area contributed by atoms with Crippen LogP contribution >= 0.6 is 23.2 Å². The van der Waals surface area contributed by atoms with E-state index < -0.39 is 41.5 Å². The fourth-order valence-corrected chi connectivity index (χ4v) is 7.18. The lowest BCUT2D eigenvalue weighted by atomic mass is 9.78. The number of H-pyrrole nitrogens is 1. The molecule has 5 rings (SSSR count). The van der Waals surface area contributed by atoms with Crippen molar-refractivity contribution in [2.24, 2.45) is 21.8 Å². The summed E-state index contributed by atoms with van der Waals surface area (Å²) in [7, 11) is 0. The molecule has 5 atom stereocenters. The molecule has 0 spiro atoms. The van der Waals surface area contributed by atoms with Gasteiger partial charge in [0.05, 0.1) is 35.4 Å². The highest BCUT2D eigenvalue weighted by Gasteiger charge is 2.47. The zero-order chi connectivity index (χ0) is 37.6. The zero-order valence-electron chi connectivity index (χ0n) is 30.1. The molecule has 0 saturated carbocycles. The summed E-state index contributed by atoms with van der Waals surface area (Å²) in [6, 6.07) is 11.1. The van der Waals surface area contributed by atoms with Crippen molar-refractivity contribution < 1.29 is 28.7 Å². The van der Waals surface area contributed by atoms with Crippen LogP contribution in [0.15, 0.2) is 52.4 Å². The number of carbonyl (C=O) groups is 4. The van der Waals surface area contributed by atoms with Crippen molar-refractivity contribution >= 4 is 69.5 Å². The second kappa shape index (κ2) is 16.9. The maximum atomic E-state index is 14.8. The van der Waals surface area contributed by atoms with Gasteiger partial charge >= 0.3 is 12.1 Å². The summed E-state index contributed by atoms with van der Waals surface area (Å²) in [5.74, 6) is -2.01. The number of nitrogens with zero attached hydrogens (tertiary/aromatic N) is 2. The molecule has 0 radical (unpaired) electrons. The number of benzene rings is 2. The lowest BCUT2D eigenvalue weighted by molar-refractivity contribution is -0.136. The largest absolute Gasteiger partial charge is 0.460 e. The smallest absolute Gasteiger partial charge is 0.408 e. The van der Waals surface area contributed by atoms with Gasteiger partial charge in [-0.05, 0) is 54.9 Å². The average Bonchev–Trinajstić information content (AvgIpc) is 3.77. The molecule has 0 bridgehead atoms. The Kier molecular flexibility index (Phi) is 12.6. The number of fused-ring (bicyclic) bond motifs is 3. The number of carbonyl (C=O) groups excluding carboxylic acids is 4. The Hall–Kier alpha value is -4.42. The molecule has 3 amide bonds. The molecule has 2 heterocycles. The van der Waals surface area contributed by atoms with Crippen molar-refractivity contribution in [1.29, 1.82) is 0 Å². The predicted molar refractivity (Wildman–Crippen MR) is 202 cm³/mol. The van der Waals surface area contributed by atoms with Crippen LogP contribution in [0.1, 0.15) is 70.7 Å². The summed E-state index contributed by atoms with van der Waals surface area (Å²) in [6.07, 6.45) is 1.28. The highest BCUT2D eigenvalue weighted by Crippen LogP contribution is 2.38. The first-order valence-corrected chi connectivity index (χ1v) is 18.5. The maximum absolute atomic E-state index is 14.8. The number of aliphatic imine (C=N–C) groups is 2. The molecule has 1 aromatic heterocycles. The van der Waals surface area contributed by atoms with E-state index in [1.807, 2.05) is 58.0 Å². The molecule has 1 aliphatic heterocycles. The summed E-state index contributed by atoms with van der Waals surface area (Å²) in [5.41, 5.74) is 2.27. The standard InChI is InChI=1S/C38H46Cl2N6O6/c1-6-21(4)30(29-19-41-33(43-29)35(48)51-8-3)44-36(49)38(15-14-28-26(18-38)25-16-24(39)17-27(40)32(25)42-28)46-34(47)31(22(5)7-2)45-37(50)52-20-23-12-10-9-11-13-23/h9-13,16-17,21-22,30-31,42H,6-8,14-15,18-20H2,1-5H3,(H,44,49)(H,45,50)(H,46,47)/t21?,22?,30-,31-,38+/m0/s1. The molecule has 14 heteroatoms. The lowest BCUT2D eigenvalue weighted by Crippen LogP contribution is -2.66. The Morgan fingerprint density at radius 1 is 0.981 bits per heavy atom. The van der Waals surface area contributed by atoms with Gasteiger partial charge in [0.15, 0.2) is 0 Å². The Labute approximate surface area is 313 Å². The van der Waals surface area contributed by atoms with Crippen molar-refractivity contribution in [2.75, 3.05) is 13.2 Å². The number of amidine groups is 1. The van der Waals surface area contributed by atoms with Gasteiger partial charge in [-0.25, -0.2) is 14.6 Å². The van der Waals surface area contributed by atoms with Crippen molar-refractivity contribution in [2.45, 2.75) is 91.0 Å². The molecule has 1 aliphatic carbocycles. The SMILES string of the molecule is CCOC(=O)C1=NCC([C@@H](NC(=O)[C@@]2(NC(=O)[C@@H](NC(=O)OCc3ccccc3)C(C)CC)CCc3[nH]c4c(Cl)cc(Cl)cc4c3C2)C(C)CC)=N1. The number of nitrogens with one attached hydrogen (secondary N) is 4. The first kappa shape index (κ1) is 38.8. The van der Waals surface area contributed by atoms with E-state index in [-0.39, 0.29) is 50.3 Å². The summed E-state index contributed by atoms with van der Waals surface area (Å²) in [4.78, 5) is 66.8. The van der Waals surface area contributed by atoms with Crippen molar-refractivity contribution in [3.8, 4) is 0 Å². The quantitative estimate of drug-likeness (QED) is 0.145. The average molecular weight is 754 g/mol. The van der Waals surface area contributed by atoms with Gasteiger partial charge in [-0.2, -0.15) is 0 Å². The Morgan fingerprint density at radius 3 is 2.40 bits per heavy atom. The number of esters is 1. The Morgan fingerprint density at radius 2 is 1.71 bits per heavy atom. The molecule has 2 aliphatic rings. The number of aryl methyl sites for hydroxylation is 1. The molecular weight excluding hydrogens is 707 g/mol. The van der Waals surface area contributed by atoms with Crippen LogP contribution in [0.25, 0.3) is 10.9 Å². The van der Waals surface area contributed by atoms with Gasteiger partial charge < -0.3 is 30.4 Å². The van der Waals surface area contributed by atoms with Crippen LogP contribution in [-0.4, -0.2) is 71.2 Å². The fourth-order valence-electron chi connectivity index (χ4n) is 6.64. The Bertz CT molecular complexity index is 1880. The normalized spacial score (nSPS) is 19.0. The van der Waals surface area contributed by atoms with Crippen molar-refractivity contribution in [3.05, 3.63) is 69.3 Å². The molecule has 2 aromatic carbocycles. The third-order valence-corrected chi connectivity index (χ3v) is 10.6. The number of halogens is 2. The predicted octanol–water partition coefficient (Wildman–Crippen LogP) is 6.11. The first-order chi connectivity index (χ1) is 24.9. The minimum Gasteiger partial charge on any atom is -0.460 e. The molecule has 12 nitrogen and oxygen atoms in total. The highest BCUT2D eigenvalue weighted by molar-refractivity contribution is 6.39. The van der Waals surface area contributed by atoms with E-state index in [9.17, 15) is 19.2 Å². The minimum atomic E-state index is -1.45. The van der Waals surface area contributed by atoms with E-state index in [1.165, 1.54) is 0 Å². The van der Waals surface area contributed by atoms with E-state index >= 15 is 0 Å². The topological polar surface area (TPSA) is 163 Å². The van der Waals surface area contributed by atoms with Crippen LogP contribution in [-0.2, 0) is 43.3 Å². The molecule has 3 aromatic rings. The number of amides is 3. The number of hydrogen-bond acceptors (Lipinski definition) is 8. The number of aromatic nitrogens is 1. The number of hydrogen-bond donors (Lipinski definition) is 4. The van der Waals surface area contributed by atoms with Gasteiger partial charge in [0.2, 0.25) is 17.6 Å². The molecule has 4 N–H and O–H groups in total. The van der Waals surface area contributed by atoms with Crippen LogP contribution in [0.2, 0.25) is 10.0 Å². The van der Waals surface area contributed by atoms with Crippen LogP contribution in [0.4, 0.5) is 4.79 Å². The van der Waals surface area contributed by atoms with Crippen LogP contribution in [0.3, 0.4) is 0 Å². The van der Waals surface area contributed by atoms with Gasteiger partial charge in [-0.1, -0.05) is 94.1 Å². The number of aromatic amines is 1. The van der Waals surface area contributed by atoms with Gasteiger partial charge in [-0.3, -0.25) is 14.6 Å². The van der Waals surface area contributed by atoms with Crippen LogP contribution < -0.4 is 16.0 Å². The second-order valence-corrected chi connectivity index (χ2v) is 14.4. The number of alkyl carbamates (subject to hydrolysis) is 1. The molecule has 278 valence electrons. The van der Waals surface area contributed by atoms with Gasteiger partial charge in [0.25, 0.3) is 0 Å². The second-order valence-electron chi connectivity index (χ2n) is 13.5. The monoisotopic (exact) mass is 752 g/mol. The van der Waals surface area contributed by atoms with Crippen molar-refractivity contribution in [1.82, 2.24) is 20.9 Å². The first-order valence-electron chi connectivity index (χ1n) is 17.8. The van der Waals surface area contributed by atoms with E-state index in [0.717, 1.165) is 22.2 Å². The minimum absolute atomic E-state index is 0.0325. The van der Waals surface area contributed by atoms with E-state index in [4.69, 9.17) is 32.7 Å². The third-order valence-electron chi connectivity index (χ3n) is 10.0. The molecule has 2 unspecified atom stereocenters. The molecular formula is C38H46Cl2N6O6. The third kappa shape index (κ3) is 8.61. The fraction of sp³-hybridized carbons (Fsp3) is 0.474. The summed E-state index contributed by atoms with van der Waals surface area (Å²) in [6.45, 7) is 9.79. The lowest BCUT2D eigenvalue weighted by Gasteiger charge is -2.40. The van der Waals surface area contributed by atoms with Crippen LogP contribution in [0, 0.1) is 11.8 Å². The number of ether oxygens (including phenoxy) is 2. The number of rotatable bonds is 14. The maximum Gasteiger partial charge on any atom is 0.408 e. The van der Waals surface area contributed by atoms with E-state index in [1.54, 1.807) is 19.1 Å². The molecule has 0 saturated heterocycles. The molecule has 0 fully saturated rings. The van der Waals surface area contributed by atoms with Crippen LogP contribution in [0.5, 0.6) is 0 Å². The summed E-state index contributed by atoms with van der Waals surface area (Å²) in [5, 5.41) is 10.7.